The molecule has 1 aromatic carbocycles. The largest absolute Gasteiger partial charge is 0.508 e. The van der Waals surface area contributed by atoms with Crippen molar-refractivity contribution in [1.29, 1.82) is 0 Å². The summed E-state index contributed by atoms with van der Waals surface area (Å²) in [6.45, 7) is 2.40. The molecule has 4 aromatic rings. The summed E-state index contributed by atoms with van der Waals surface area (Å²) in [7, 11) is 0. The SMILES string of the molecule is Cc1cnn(-c2nc3c(ncn3Cc3ccc(O)cc3)c(=O)[nH]2)c1. The van der Waals surface area contributed by atoms with E-state index in [-0.39, 0.29) is 16.8 Å². The van der Waals surface area contributed by atoms with Gasteiger partial charge >= 0.3 is 0 Å². The van der Waals surface area contributed by atoms with Crippen molar-refractivity contribution in [3.05, 3.63) is 64.5 Å². The van der Waals surface area contributed by atoms with Gasteiger partial charge in [-0.3, -0.25) is 9.78 Å². The Labute approximate surface area is 136 Å². The molecule has 2 N–H and O–H groups in total. The van der Waals surface area contributed by atoms with Crippen LogP contribution in [0.1, 0.15) is 11.1 Å². The zero-order valence-corrected chi connectivity index (χ0v) is 12.8. The Morgan fingerprint density at radius 3 is 2.75 bits per heavy atom. The van der Waals surface area contributed by atoms with Gasteiger partial charge in [-0.25, -0.2) is 9.67 Å². The lowest BCUT2D eigenvalue weighted by Crippen LogP contribution is -2.15. The molecule has 3 heterocycles. The van der Waals surface area contributed by atoms with E-state index >= 15 is 0 Å². The third-order valence-electron chi connectivity index (χ3n) is 3.68. The van der Waals surface area contributed by atoms with Crippen LogP contribution >= 0.6 is 0 Å². The first-order valence-electron chi connectivity index (χ1n) is 7.35. The van der Waals surface area contributed by atoms with Gasteiger partial charge in [0, 0.05) is 6.20 Å². The van der Waals surface area contributed by atoms with Crippen LogP contribution in [0.3, 0.4) is 0 Å². The van der Waals surface area contributed by atoms with Gasteiger partial charge in [0.25, 0.3) is 5.56 Å². The predicted octanol–water partition coefficient (Wildman–Crippen LogP) is 1.37. The Balaban J connectivity index is 1.80. The van der Waals surface area contributed by atoms with E-state index < -0.39 is 0 Å². The normalized spacial score (nSPS) is 11.2. The van der Waals surface area contributed by atoms with Crippen LogP contribution in [0.4, 0.5) is 0 Å². The van der Waals surface area contributed by atoms with Crippen molar-refractivity contribution in [3.8, 4) is 11.7 Å². The molecule has 4 rings (SSSR count). The lowest BCUT2D eigenvalue weighted by Gasteiger charge is -2.05. The van der Waals surface area contributed by atoms with Crippen LogP contribution in [0.2, 0.25) is 0 Å². The fourth-order valence-electron chi connectivity index (χ4n) is 2.49. The summed E-state index contributed by atoms with van der Waals surface area (Å²) in [4.78, 5) is 23.6. The fourth-order valence-corrected chi connectivity index (χ4v) is 2.49. The maximum atomic E-state index is 12.2. The molecule has 120 valence electrons. The highest BCUT2D eigenvalue weighted by Gasteiger charge is 2.12. The number of hydrogen-bond donors (Lipinski definition) is 2. The predicted molar refractivity (Wildman–Crippen MR) is 87.2 cm³/mol. The first-order valence-corrected chi connectivity index (χ1v) is 7.35. The zero-order chi connectivity index (χ0) is 16.7. The number of aromatic nitrogens is 6. The third-order valence-corrected chi connectivity index (χ3v) is 3.68. The number of phenols is 1. The van der Waals surface area contributed by atoms with E-state index in [1.165, 1.54) is 4.68 Å². The molecule has 0 saturated heterocycles. The van der Waals surface area contributed by atoms with Gasteiger partial charge in [0.05, 0.1) is 19.1 Å². The lowest BCUT2D eigenvalue weighted by atomic mass is 10.2. The van der Waals surface area contributed by atoms with Crippen LogP contribution in [-0.2, 0) is 6.54 Å². The molecule has 0 saturated carbocycles. The molecule has 3 aromatic heterocycles. The molecule has 0 aliphatic carbocycles. The minimum absolute atomic E-state index is 0.208. The number of benzene rings is 1. The number of phenolic OH excluding ortho intramolecular Hbond substituents is 1. The second-order valence-electron chi connectivity index (χ2n) is 5.56. The summed E-state index contributed by atoms with van der Waals surface area (Å²) in [6, 6.07) is 6.86. The molecule has 8 nitrogen and oxygen atoms in total. The first kappa shape index (κ1) is 14.2. The molecule has 0 atom stereocenters. The maximum Gasteiger partial charge on any atom is 0.280 e. The molecule has 0 aliphatic heterocycles. The number of aromatic amines is 1. The summed E-state index contributed by atoms with van der Waals surface area (Å²) in [5.41, 5.74) is 2.38. The second kappa shape index (κ2) is 5.34. The van der Waals surface area contributed by atoms with Crippen LogP contribution < -0.4 is 5.56 Å². The number of aryl methyl sites for hydroxylation is 1. The summed E-state index contributed by atoms with van der Waals surface area (Å²) < 4.78 is 3.31. The highest BCUT2D eigenvalue weighted by atomic mass is 16.3. The highest BCUT2D eigenvalue weighted by molar-refractivity contribution is 5.70. The third kappa shape index (κ3) is 2.43. The zero-order valence-electron chi connectivity index (χ0n) is 12.8. The van der Waals surface area contributed by atoms with E-state index in [1.807, 2.05) is 19.1 Å². The summed E-state index contributed by atoms with van der Waals surface area (Å²) in [6.07, 6.45) is 5.06. The maximum absolute atomic E-state index is 12.2. The fraction of sp³-hybridized carbons (Fsp3) is 0.125. The van der Waals surface area contributed by atoms with E-state index in [0.29, 0.717) is 18.1 Å². The van der Waals surface area contributed by atoms with Crippen molar-refractivity contribution >= 4 is 11.2 Å². The van der Waals surface area contributed by atoms with Crippen molar-refractivity contribution in [1.82, 2.24) is 29.3 Å². The topological polar surface area (TPSA) is 102 Å². The van der Waals surface area contributed by atoms with Crippen molar-refractivity contribution < 1.29 is 5.11 Å². The van der Waals surface area contributed by atoms with E-state index in [9.17, 15) is 9.90 Å². The van der Waals surface area contributed by atoms with Crippen molar-refractivity contribution in [2.75, 3.05) is 0 Å². The standard InChI is InChI=1S/C16H14N6O2/c1-10-6-18-22(7-10)16-19-14-13(15(24)20-16)17-9-21(14)8-11-2-4-12(23)5-3-11/h2-7,9,23H,8H2,1H3,(H,19,20,24). The average molecular weight is 322 g/mol. The van der Waals surface area contributed by atoms with E-state index in [4.69, 9.17) is 0 Å². The highest BCUT2D eigenvalue weighted by Crippen LogP contribution is 2.14. The monoisotopic (exact) mass is 322 g/mol. The Kier molecular flexibility index (Phi) is 3.16. The molecule has 8 heteroatoms. The molecule has 24 heavy (non-hydrogen) atoms. The summed E-state index contributed by atoms with van der Waals surface area (Å²) in [5, 5.41) is 13.5. The lowest BCUT2D eigenvalue weighted by molar-refractivity contribution is 0.475. The van der Waals surface area contributed by atoms with Gasteiger partial charge in [-0.2, -0.15) is 10.1 Å². The number of nitrogens with one attached hydrogen (secondary N) is 1. The van der Waals surface area contributed by atoms with Crippen LogP contribution in [0.25, 0.3) is 17.1 Å². The van der Waals surface area contributed by atoms with Crippen LogP contribution in [-0.4, -0.2) is 34.4 Å². The van der Waals surface area contributed by atoms with Gasteiger partial charge in [0.15, 0.2) is 11.2 Å². The number of aromatic hydroxyl groups is 1. The Hall–Kier alpha value is -3.42. The van der Waals surface area contributed by atoms with Gasteiger partial charge in [-0.05, 0) is 30.2 Å². The molecule has 0 spiro atoms. The number of hydrogen-bond acceptors (Lipinski definition) is 5. The van der Waals surface area contributed by atoms with E-state index in [0.717, 1.165) is 11.1 Å². The van der Waals surface area contributed by atoms with Gasteiger partial charge in [0.2, 0.25) is 5.95 Å². The number of rotatable bonds is 3. The minimum atomic E-state index is -0.312. The summed E-state index contributed by atoms with van der Waals surface area (Å²) in [5.74, 6) is 0.549. The molecule has 0 aliphatic rings. The van der Waals surface area contributed by atoms with Gasteiger partial charge < -0.3 is 9.67 Å². The minimum Gasteiger partial charge on any atom is -0.508 e. The molecular weight excluding hydrogens is 308 g/mol. The molecule has 0 unspecified atom stereocenters. The van der Waals surface area contributed by atoms with Crippen molar-refractivity contribution in [2.45, 2.75) is 13.5 Å². The molecule has 0 fully saturated rings. The second-order valence-corrected chi connectivity index (χ2v) is 5.56. The first-order chi connectivity index (χ1) is 11.6. The molecular formula is C16H14N6O2. The van der Waals surface area contributed by atoms with Gasteiger partial charge in [-0.15, -0.1) is 0 Å². The number of fused-ring (bicyclic) bond motifs is 1. The van der Waals surface area contributed by atoms with Crippen LogP contribution in [0.5, 0.6) is 5.75 Å². The van der Waals surface area contributed by atoms with E-state index in [2.05, 4.69) is 20.1 Å². The Morgan fingerprint density at radius 2 is 2.04 bits per heavy atom. The summed E-state index contributed by atoms with van der Waals surface area (Å²) >= 11 is 0. The smallest absolute Gasteiger partial charge is 0.280 e. The quantitative estimate of drug-likeness (QED) is 0.593. The van der Waals surface area contributed by atoms with Crippen molar-refractivity contribution in [2.24, 2.45) is 0 Å². The average Bonchev–Trinajstić information content (AvgIpc) is 3.17. The molecule has 0 radical (unpaired) electrons. The van der Waals surface area contributed by atoms with E-state index in [1.54, 1.807) is 35.4 Å². The Morgan fingerprint density at radius 1 is 1.25 bits per heavy atom. The number of nitrogens with zero attached hydrogens (tertiary/aromatic N) is 5. The van der Waals surface area contributed by atoms with Crippen molar-refractivity contribution in [3.63, 3.8) is 0 Å². The van der Waals surface area contributed by atoms with Gasteiger partial charge in [0.1, 0.15) is 5.75 Å². The van der Waals surface area contributed by atoms with Gasteiger partial charge in [-0.1, -0.05) is 12.1 Å². The Bertz CT molecular complexity index is 1070. The van der Waals surface area contributed by atoms with Crippen LogP contribution in [0.15, 0.2) is 47.8 Å². The number of imidazole rings is 1. The van der Waals surface area contributed by atoms with Crippen LogP contribution in [0, 0.1) is 6.92 Å². The number of H-pyrrole nitrogens is 1. The molecule has 0 amide bonds. The molecule has 0 bridgehead atoms.